The van der Waals surface area contributed by atoms with Crippen LogP contribution in [0.3, 0.4) is 0 Å². The highest BCUT2D eigenvalue weighted by molar-refractivity contribution is 5.79. The lowest BCUT2D eigenvalue weighted by Crippen LogP contribution is -2.51. The van der Waals surface area contributed by atoms with E-state index in [1.807, 2.05) is 7.05 Å². The zero-order valence-electron chi connectivity index (χ0n) is 16.2. The van der Waals surface area contributed by atoms with Crippen LogP contribution in [0, 0.1) is 11.3 Å². The third-order valence-corrected chi connectivity index (χ3v) is 5.98. The summed E-state index contributed by atoms with van der Waals surface area (Å²) in [5.41, 5.74) is 0.418. The van der Waals surface area contributed by atoms with Crippen LogP contribution in [0.25, 0.3) is 0 Å². The van der Waals surface area contributed by atoms with Crippen molar-refractivity contribution in [3.63, 3.8) is 0 Å². The Labute approximate surface area is 148 Å². The molecule has 1 aliphatic heterocycles. The molecule has 24 heavy (non-hydrogen) atoms. The summed E-state index contributed by atoms with van der Waals surface area (Å²) in [6, 6.07) is 0.553. The number of nitrogens with zero attached hydrogens (tertiary/aromatic N) is 2. The maximum absolute atomic E-state index is 5.28. The lowest BCUT2D eigenvalue weighted by Gasteiger charge is -2.42. The van der Waals surface area contributed by atoms with Gasteiger partial charge in [-0.1, -0.05) is 13.3 Å². The fourth-order valence-electron chi connectivity index (χ4n) is 4.00. The molecule has 1 heterocycles. The van der Waals surface area contributed by atoms with E-state index in [2.05, 4.69) is 34.4 Å². The molecule has 140 valence electrons. The largest absolute Gasteiger partial charge is 0.385 e. The molecule has 2 fully saturated rings. The molecule has 0 amide bonds. The molecule has 0 aromatic heterocycles. The quantitative estimate of drug-likeness (QED) is 0.527. The van der Waals surface area contributed by atoms with Gasteiger partial charge in [0.25, 0.3) is 0 Å². The highest BCUT2D eigenvalue weighted by Gasteiger charge is 2.36. The number of methoxy groups -OCH3 is 1. The van der Waals surface area contributed by atoms with E-state index < -0.39 is 0 Å². The summed E-state index contributed by atoms with van der Waals surface area (Å²) in [5.74, 6) is 1.77. The van der Waals surface area contributed by atoms with Crippen molar-refractivity contribution < 1.29 is 4.74 Å². The molecule has 1 aliphatic carbocycles. The first-order valence-electron chi connectivity index (χ1n) is 9.76. The number of aliphatic imine (C=N–C) groups is 1. The molecule has 1 saturated carbocycles. The van der Waals surface area contributed by atoms with E-state index in [-0.39, 0.29) is 0 Å². The zero-order valence-corrected chi connectivity index (χ0v) is 16.2. The number of rotatable bonds is 8. The molecule has 5 nitrogen and oxygen atoms in total. The SMILES string of the molecule is CN=C(NCC(C)N1CCCC(C)C1)NCC1(CCOC)CCC1. The van der Waals surface area contributed by atoms with Gasteiger partial charge in [-0.3, -0.25) is 9.89 Å². The van der Waals surface area contributed by atoms with E-state index in [1.165, 1.54) is 45.2 Å². The Hall–Kier alpha value is -0.810. The van der Waals surface area contributed by atoms with E-state index in [1.54, 1.807) is 7.11 Å². The number of hydrogen-bond donors (Lipinski definition) is 2. The zero-order chi connectivity index (χ0) is 17.4. The van der Waals surface area contributed by atoms with Crippen LogP contribution in [0.1, 0.15) is 52.4 Å². The third-order valence-electron chi connectivity index (χ3n) is 5.98. The van der Waals surface area contributed by atoms with Gasteiger partial charge in [-0.25, -0.2) is 0 Å². The molecule has 2 aliphatic rings. The molecule has 0 aromatic rings. The van der Waals surface area contributed by atoms with Crippen molar-refractivity contribution in [3.8, 4) is 0 Å². The highest BCUT2D eigenvalue weighted by Crippen LogP contribution is 2.43. The van der Waals surface area contributed by atoms with Gasteiger partial charge in [-0.05, 0) is 56.9 Å². The summed E-state index contributed by atoms with van der Waals surface area (Å²) in [6.45, 7) is 9.98. The number of guanidine groups is 1. The molecule has 0 radical (unpaired) electrons. The van der Waals surface area contributed by atoms with Gasteiger partial charge >= 0.3 is 0 Å². The normalized spacial score (nSPS) is 25.8. The van der Waals surface area contributed by atoms with Gasteiger partial charge in [0.05, 0.1) is 0 Å². The van der Waals surface area contributed by atoms with Crippen LogP contribution < -0.4 is 10.6 Å². The number of ether oxygens (including phenoxy) is 1. The molecule has 0 aromatic carbocycles. The van der Waals surface area contributed by atoms with Gasteiger partial charge in [-0.15, -0.1) is 0 Å². The average Bonchev–Trinajstić information content (AvgIpc) is 2.55. The van der Waals surface area contributed by atoms with Crippen molar-refractivity contribution >= 4 is 5.96 Å². The number of nitrogens with one attached hydrogen (secondary N) is 2. The van der Waals surface area contributed by atoms with Crippen LogP contribution in [-0.2, 0) is 4.74 Å². The molecule has 5 heteroatoms. The molecule has 1 saturated heterocycles. The van der Waals surface area contributed by atoms with Crippen LogP contribution in [0.15, 0.2) is 4.99 Å². The van der Waals surface area contributed by atoms with E-state index in [0.717, 1.165) is 38.0 Å². The van der Waals surface area contributed by atoms with Crippen molar-refractivity contribution in [2.45, 2.75) is 58.4 Å². The fraction of sp³-hybridized carbons (Fsp3) is 0.947. The fourth-order valence-corrected chi connectivity index (χ4v) is 4.00. The highest BCUT2D eigenvalue weighted by atomic mass is 16.5. The van der Waals surface area contributed by atoms with Gasteiger partial charge in [0, 0.05) is 46.4 Å². The summed E-state index contributed by atoms with van der Waals surface area (Å²) in [5, 5.41) is 7.08. The number of likely N-dealkylation sites (tertiary alicyclic amines) is 1. The van der Waals surface area contributed by atoms with Gasteiger partial charge in [-0.2, -0.15) is 0 Å². The Morgan fingerprint density at radius 3 is 2.71 bits per heavy atom. The van der Waals surface area contributed by atoms with Crippen LogP contribution in [0.5, 0.6) is 0 Å². The molecule has 0 spiro atoms. The Balaban J connectivity index is 1.72. The van der Waals surface area contributed by atoms with Crippen molar-refractivity contribution in [1.29, 1.82) is 0 Å². The molecular formula is C19H38N4O. The molecule has 2 N–H and O–H groups in total. The lowest BCUT2D eigenvalue weighted by molar-refractivity contribution is 0.0732. The summed E-state index contributed by atoms with van der Waals surface area (Å²) in [7, 11) is 3.66. The van der Waals surface area contributed by atoms with E-state index in [9.17, 15) is 0 Å². The van der Waals surface area contributed by atoms with Crippen molar-refractivity contribution in [1.82, 2.24) is 15.5 Å². The van der Waals surface area contributed by atoms with Crippen LogP contribution >= 0.6 is 0 Å². The second-order valence-electron chi connectivity index (χ2n) is 7.99. The maximum Gasteiger partial charge on any atom is 0.191 e. The standard InChI is InChI=1S/C19H38N4O/c1-16-7-5-11-23(14-16)17(2)13-21-18(20-3)22-15-19(8-6-9-19)10-12-24-4/h16-17H,5-15H2,1-4H3,(H2,20,21,22). The first-order valence-corrected chi connectivity index (χ1v) is 9.76. The minimum atomic E-state index is 0.418. The Morgan fingerprint density at radius 1 is 1.33 bits per heavy atom. The minimum Gasteiger partial charge on any atom is -0.385 e. The van der Waals surface area contributed by atoms with Crippen molar-refractivity contribution in [2.24, 2.45) is 16.3 Å². The molecular weight excluding hydrogens is 300 g/mol. The maximum atomic E-state index is 5.28. The summed E-state index contributed by atoms with van der Waals surface area (Å²) in [6.07, 6.45) is 7.83. The first-order chi connectivity index (χ1) is 11.6. The summed E-state index contributed by atoms with van der Waals surface area (Å²) in [4.78, 5) is 7.02. The van der Waals surface area contributed by atoms with Gasteiger partial charge in [0.2, 0.25) is 0 Å². The lowest BCUT2D eigenvalue weighted by atomic mass is 9.67. The Bertz CT molecular complexity index is 395. The van der Waals surface area contributed by atoms with E-state index >= 15 is 0 Å². The summed E-state index contributed by atoms with van der Waals surface area (Å²) < 4.78 is 5.28. The summed E-state index contributed by atoms with van der Waals surface area (Å²) >= 11 is 0. The Kier molecular flexibility index (Phi) is 7.82. The van der Waals surface area contributed by atoms with Crippen molar-refractivity contribution in [3.05, 3.63) is 0 Å². The predicted molar refractivity (Wildman–Crippen MR) is 102 cm³/mol. The third kappa shape index (κ3) is 5.62. The monoisotopic (exact) mass is 338 g/mol. The van der Waals surface area contributed by atoms with Crippen LogP contribution in [0.2, 0.25) is 0 Å². The van der Waals surface area contributed by atoms with Crippen molar-refractivity contribution in [2.75, 3.05) is 46.9 Å². The molecule has 2 rings (SSSR count). The molecule has 0 bridgehead atoms. The topological polar surface area (TPSA) is 48.9 Å². The van der Waals surface area contributed by atoms with Crippen LogP contribution in [-0.4, -0.2) is 63.8 Å². The Morgan fingerprint density at radius 2 is 2.12 bits per heavy atom. The first kappa shape index (κ1) is 19.5. The smallest absolute Gasteiger partial charge is 0.191 e. The van der Waals surface area contributed by atoms with Gasteiger partial charge in [0.1, 0.15) is 0 Å². The minimum absolute atomic E-state index is 0.418. The number of piperidine rings is 1. The second kappa shape index (κ2) is 9.62. The van der Waals surface area contributed by atoms with E-state index in [0.29, 0.717) is 11.5 Å². The second-order valence-corrected chi connectivity index (χ2v) is 7.99. The molecule has 2 atom stereocenters. The predicted octanol–water partition coefficient (Wildman–Crippen LogP) is 2.48. The van der Waals surface area contributed by atoms with Gasteiger partial charge < -0.3 is 15.4 Å². The van der Waals surface area contributed by atoms with Gasteiger partial charge in [0.15, 0.2) is 5.96 Å². The van der Waals surface area contributed by atoms with E-state index in [4.69, 9.17) is 4.74 Å². The van der Waals surface area contributed by atoms with Crippen LogP contribution in [0.4, 0.5) is 0 Å². The number of hydrogen-bond acceptors (Lipinski definition) is 3. The average molecular weight is 339 g/mol. The molecule has 2 unspecified atom stereocenters.